The molecule has 13 heteroatoms. The molecule has 4 rings (SSSR count). The van der Waals surface area contributed by atoms with Crippen molar-refractivity contribution >= 4 is 17.4 Å². The molecule has 2 aromatic heterocycles. The van der Waals surface area contributed by atoms with Gasteiger partial charge in [0.15, 0.2) is 17.2 Å². The summed E-state index contributed by atoms with van der Waals surface area (Å²) in [6.07, 6.45) is 0. The van der Waals surface area contributed by atoms with E-state index in [4.69, 9.17) is 24.6 Å². The molecule has 0 fully saturated rings. The summed E-state index contributed by atoms with van der Waals surface area (Å²) in [6.45, 7) is 8.77. The summed E-state index contributed by atoms with van der Waals surface area (Å²) in [4.78, 5) is 13.2. The Morgan fingerprint density at radius 3 is 2.46 bits per heavy atom. The number of hydrogen-bond acceptors (Lipinski definition) is 11. The predicted molar refractivity (Wildman–Crippen MR) is 134 cm³/mol. The first-order chi connectivity index (χ1) is 18.0. The maximum Gasteiger partial charge on any atom is 0.292 e. The molecule has 0 saturated carbocycles. The second-order valence-corrected chi connectivity index (χ2v) is 7.49. The Bertz CT molecular complexity index is 1400. The maximum absolute atomic E-state index is 13.2. The van der Waals surface area contributed by atoms with Gasteiger partial charge in [-0.15, -0.1) is 5.10 Å². The van der Waals surface area contributed by atoms with E-state index in [9.17, 15) is 4.79 Å². The Hall–Kier alpha value is -5.07. The normalized spacial score (nSPS) is 10.6. The maximum atomic E-state index is 13.2. The van der Waals surface area contributed by atoms with E-state index < -0.39 is 5.91 Å². The third-order valence-electron chi connectivity index (χ3n) is 5.16. The molecule has 0 aliphatic rings. The molecule has 0 radical (unpaired) electrons. The molecule has 1 amide bonds. The number of ether oxygens (including phenoxy) is 3. The van der Waals surface area contributed by atoms with Crippen LogP contribution in [0.15, 0.2) is 53.7 Å². The van der Waals surface area contributed by atoms with Gasteiger partial charge in [0.25, 0.3) is 5.91 Å². The van der Waals surface area contributed by atoms with Crippen LogP contribution in [0, 0.1) is 0 Å². The first kappa shape index (κ1) is 25.0. The van der Waals surface area contributed by atoms with Gasteiger partial charge in [-0.05, 0) is 66.6 Å². The number of rotatable bonds is 11. The van der Waals surface area contributed by atoms with Crippen LogP contribution < -0.4 is 30.8 Å². The third kappa shape index (κ3) is 5.29. The number of nitrogen functional groups attached to an aromatic ring is 1. The molecule has 0 unspecified atom stereocenters. The SMILES string of the molecule is C=C(NNC(=O)c1nnn(-c2nonc2N)c1-c1ccc(OCC)cc1)c1ccc(OCC)c(OC)c1. The minimum Gasteiger partial charge on any atom is -0.494 e. The molecule has 0 spiro atoms. The molecule has 2 heterocycles. The van der Waals surface area contributed by atoms with Crippen molar-refractivity contribution in [1.29, 1.82) is 0 Å². The number of aromatic nitrogens is 5. The van der Waals surface area contributed by atoms with Crippen molar-refractivity contribution in [2.24, 2.45) is 0 Å². The van der Waals surface area contributed by atoms with Crippen LogP contribution in [-0.2, 0) is 0 Å². The van der Waals surface area contributed by atoms with Crippen LogP contribution in [0.25, 0.3) is 22.8 Å². The number of anilines is 1. The van der Waals surface area contributed by atoms with Crippen LogP contribution in [0.5, 0.6) is 17.2 Å². The van der Waals surface area contributed by atoms with E-state index in [-0.39, 0.29) is 17.3 Å². The summed E-state index contributed by atoms with van der Waals surface area (Å²) in [5.74, 6) is 1.30. The molecule has 192 valence electrons. The molecule has 4 N–H and O–H groups in total. The lowest BCUT2D eigenvalue weighted by Crippen LogP contribution is -2.36. The number of amides is 1. The van der Waals surface area contributed by atoms with E-state index >= 15 is 0 Å². The lowest BCUT2D eigenvalue weighted by Gasteiger charge is -2.14. The summed E-state index contributed by atoms with van der Waals surface area (Å²) >= 11 is 0. The Labute approximate surface area is 212 Å². The highest BCUT2D eigenvalue weighted by Gasteiger charge is 2.25. The van der Waals surface area contributed by atoms with Gasteiger partial charge in [-0.3, -0.25) is 15.6 Å². The van der Waals surface area contributed by atoms with Crippen LogP contribution in [0.1, 0.15) is 29.9 Å². The fourth-order valence-electron chi connectivity index (χ4n) is 3.45. The number of benzene rings is 2. The van der Waals surface area contributed by atoms with E-state index in [1.54, 1.807) is 49.6 Å². The van der Waals surface area contributed by atoms with Crippen LogP contribution >= 0.6 is 0 Å². The van der Waals surface area contributed by atoms with Crippen molar-refractivity contribution in [3.05, 3.63) is 60.3 Å². The van der Waals surface area contributed by atoms with Gasteiger partial charge in [0, 0.05) is 11.1 Å². The zero-order valence-corrected chi connectivity index (χ0v) is 20.5. The number of hydrogen-bond donors (Lipinski definition) is 3. The molecular weight excluding hydrogens is 480 g/mol. The van der Waals surface area contributed by atoms with E-state index in [1.165, 1.54) is 4.68 Å². The van der Waals surface area contributed by atoms with Crippen molar-refractivity contribution in [3.8, 4) is 34.3 Å². The summed E-state index contributed by atoms with van der Waals surface area (Å²) in [6, 6.07) is 12.4. The molecule has 37 heavy (non-hydrogen) atoms. The Morgan fingerprint density at radius 2 is 1.81 bits per heavy atom. The van der Waals surface area contributed by atoms with Crippen molar-refractivity contribution < 1.29 is 23.6 Å². The smallest absolute Gasteiger partial charge is 0.292 e. The van der Waals surface area contributed by atoms with Crippen LogP contribution in [-0.4, -0.2) is 51.5 Å². The summed E-state index contributed by atoms with van der Waals surface area (Å²) in [5.41, 5.74) is 13.3. The molecule has 2 aromatic carbocycles. The van der Waals surface area contributed by atoms with E-state index in [1.807, 2.05) is 13.8 Å². The predicted octanol–water partition coefficient (Wildman–Crippen LogP) is 2.61. The van der Waals surface area contributed by atoms with Crippen LogP contribution in [0.2, 0.25) is 0 Å². The van der Waals surface area contributed by atoms with Gasteiger partial charge < -0.3 is 19.9 Å². The molecule has 0 atom stereocenters. The number of carbonyl (C=O) groups is 1. The highest BCUT2D eigenvalue weighted by molar-refractivity contribution is 5.98. The number of nitrogens with zero attached hydrogens (tertiary/aromatic N) is 5. The van der Waals surface area contributed by atoms with Crippen molar-refractivity contribution in [2.45, 2.75) is 13.8 Å². The largest absolute Gasteiger partial charge is 0.494 e. The zero-order chi connectivity index (χ0) is 26.4. The Balaban J connectivity index is 1.59. The summed E-state index contributed by atoms with van der Waals surface area (Å²) in [7, 11) is 1.54. The Kier molecular flexibility index (Phi) is 7.52. The number of nitrogens with two attached hydrogens (primary N) is 1. The third-order valence-corrected chi connectivity index (χ3v) is 5.16. The van der Waals surface area contributed by atoms with Gasteiger partial charge in [-0.2, -0.15) is 4.68 Å². The topological polar surface area (TPSA) is 164 Å². The van der Waals surface area contributed by atoms with Crippen LogP contribution in [0.3, 0.4) is 0 Å². The second kappa shape index (κ2) is 11.1. The fourth-order valence-corrected chi connectivity index (χ4v) is 3.45. The standard InChI is InChI=1S/C24H26N8O5/c1-5-35-17-10-7-15(8-11-17)21-20(27-31-32(21)23-22(25)29-37-30-23)24(33)28-26-14(3)16-9-12-18(36-6-2)19(13-16)34-4/h7-13,26H,3,5-6H2,1-2,4H3,(H2,25,29)(H,28,33). The number of methoxy groups -OCH3 is 1. The van der Waals surface area contributed by atoms with Gasteiger partial charge in [0.2, 0.25) is 11.6 Å². The van der Waals surface area contributed by atoms with E-state index in [2.05, 4.69) is 38.1 Å². The number of nitrogens with one attached hydrogen (secondary N) is 2. The monoisotopic (exact) mass is 506 g/mol. The lowest BCUT2D eigenvalue weighted by molar-refractivity contribution is 0.0938. The van der Waals surface area contributed by atoms with Gasteiger partial charge in [0.05, 0.1) is 26.0 Å². The molecule has 4 aromatic rings. The summed E-state index contributed by atoms with van der Waals surface area (Å²) in [5, 5.41) is 15.5. The molecule has 0 aliphatic carbocycles. The van der Waals surface area contributed by atoms with Gasteiger partial charge in [0.1, 0.15) is 11.4 Å². The molecule has 0 saturated heterocycles. The highest BCUT2D eigenvalue weighted by atomic mass is 16.6. The average molecular weight is 507 g/mol. The Morgan fingerprint density at radius 1 is 1.05 bits per heavy atom. The second-order valence-electron chi connectivity index (χ2n) is 7.49. The van der Waals surface area contributed by atoms with Crippen LogP contribution in [0.4, 0.5) is 5.82 Å². The minimum absolute atomic E-state index is 0.00358. The summed E-state index contributed by atoms with van der Waals surface area (Å²) < 4.78 is 22.4. The van der Waals surface area contributed by atoms with E-state index in [0.29, 0.717) is 53.0 Å². The quantitative estimate of drug-likeness (QED) is 0.256. The molecule has 13 nitrogen and oxygen atoms in total. The van der Waals surface area contributed by atoms with Gasteiger partial charge >= 0.3 is 0 Å². The zero-order valence-electron chi connectivity index (χ0n) is 20.5. The lowest BCUT2D eigenvalue weighted by atomic mass is 10.1. The first-order valence-electron chi connectivity index (χ1n) is 11.3. The number of hydrazine groups is 1. The van der Waals surface area contributed by atoms with Gasteiger partial charge in [-0.1, -0.05) is 11.8 Å². The minimum atomic E-state index is -0.579. The van der Waals surface area contributed by atoms with Crippen molar-refractivity contribution in [3.63, 3.8) is 0 Å². The van der Waals surface area contributed by atoms with Crippen molar-refractivity contribution in [1.82, 2.24) is 36.2 Å². The van der Waals surface area contributed by atoms with Gasteiger partial charge in [-0.25, -0.2) is 4.63 Å². The van der Waals surface area contributed by atoms with Crippen molar-refractivity contribution in [2.75, 3.05) is 26.1 Å². The average Bonchev–Trinajstić information content (AvgIpc) is 3.54. The highest BCUT2D eigenvalue weighted by Crippen LogP contribution is 2.30. The first-order valence-corrected chi connectivity index (χ1v) is 11.3. The molecule has 0 bridgehead atoms. The molecule has 0 aliphatic heterocycles. The van der Waals surface area contributed by atoms with E-state index in [0.717, 1.165) is 0 Å². The molecular formula is C24H26N8O5. The number of carbonyl (C=O) groups excluding carboxylic acids is 1. The fraction of sp³-hybridized carbons (Fsp3) is 0.208.